The Labute approximate surface area is 156 Å². The molecule has 1 heterocycles. The highest BCUT2D eigenvalue weighted by molar-refractivity contribution is 5.69. The number of carbonyl (C=O) groups is 1. The Morgan fingerprint density at radius 2 is 2.23 bits per heavy atom. The fourth-order valence-electron chi connectivity index (χ4n) is 3.42. The van der Waals surface area contributed by atoms with E-state index in [0.717, 1.165) is 25.4 Å². The van der Waals surface area contributed by atoms with Gasteiger partial charge in [0.25, 0.3) is 0 Å². The van der Waals surface area contributed by atoms with Crippen molar-refractivity contribution < 1.29 is 19.4 Å². The SMILES string of the molecule is Cc1cc(OCCN2CCOC(CN(C)CC(=O)O)C2)ccc1C(C)C. The number of nitrogens with zero attached hydrogens (tertiary/aromatic N) is 2. The minimum Gasteiger partial charge on any atom is -0.492 e. The molecule has 0 saturated carbocycles. The van der Waals surface area contributed by atoms with Crippen molar-refractivity contribution in [1.82, 2.24) is 9.80 Å². The summed E-state index contributed by atoms with van der Waals surface area (Å²) < 4.78 is 11.7. The number of morpholine rings is 1. The summed E-state index contributed by atoms with van der Waals surface area (Å²) in [6.07, 6.45) is 0.0423. The summed E-state index contributed by atoms with van der Waals surface area (Å²) in [5, 5.41) is 8.85. The Kier molecular flexibility index (Phi) is 7.87. The molecule has 1 aliphatic rings. The summed E-state index contributed by atoms with van der Waals surface area (Å²) in [5.74, 6) is 0.624. The summed E-state index contributed by atoms with van der Waals surface area (Å²) >= 11 is 0. The molecule has 6 heteroatoms. The Morgan fingerprint density at radius 1 is 1.46 bits per heavy atom. The van der Waals surface area contributed by atoms with Crippen LogP contribution < -0.4 is 4.74 Å². The zero-order valence-electron chi connectivity index (χ0n) is 16.4. The van der Waals surface area contributed by atoms with Gasteiger partial charge in [-0.2, -0.15) is 0 Å². The minimum atomic E-state index is -0.813. The molecule has 1 aromatic rings. The molecule has 1 atom stereocenters. The van der Waals surface area contributed by atoms with Crippen LogP contribution in [-0.4, -0.2) is 80.0 Å². The van der Waals surface area contributed by atoms with Gasteiger partial charge in [0, 0.05) is 26.2 Å². The number of hydrogen-bond acceptors (Lipinski definition) is 5. The van der Waals surface area contributed by atoms with E-state index in [2.05, 4.69) is 37.8 Å². The van der Waals surface area contributed by atoms with E-state index in [-0.39, 0.29) is 12.6 Å². The topological polar surface area (TPSA) is 62.2 Å². The van der Waals surface area contributed by atoms with E-state index in [1.165, 1.54) is 11.1 Å². The number of aryl methyl sites for hydroxylation is 1. The van der Waals surface area contributed by atoms with Crippen LogP contribution in [-0.2, 0) is 9.53 Å². The molecule has 6 nitrogen and oxygen atoms in total. The standard InChI is InChI=1S/C20H32N2O4/c1-15(2)19-6-5-17(11-16(19)3)25-9-7-22-8-10-26-18(13-22)12-21(4)14-20(23)24/h5-6,11,15,18H,7-10,12-14H2,1-4H3,(H,23,24). The fraction of sp³-hybridized carbons (Fsp3) is 0.650. The summed E-state index contributed by atoms with van der Waals surface area (Å²) in [6.45, 7) is 11.0. The second-order valence-electron chi connectivity index (χ2n) is 7.41. The highest BCUT2D eigenvalue weighted by Gasteiger charge is 2.22. The predicted octanol–water partition coefficient (Wildman–Crippen LogP) is 2.21. The van der Waals surface area contributed by atoms with Crippen LogP contribution in [0.1, 0.15) is 30.9 Å². The maximum atomic E-state index is 10.8. The second-order valence-corrected chi connectivity index (χ2v) is 7.41. The Balaban J connectivity index is 1.75. The second kappa shape index (κ2) is 9.90. The predicted molar refractivity (Wildman–Crippen MR) is 102 cm³/mol. The van der Waals surface area contributed by atoms with Crippen molar-refractivity contribution in [2.75, 3.05) is 53.0 Å². The molecule has 26 heavy (non-hydrogen) atoms. The third-order valence-corrected chi connectivity index (χ3v) is 4.68. The zero-order valence-corrected chi connectivity index (χ0v) is 16.4. The smallest absolute Gasteiger partial charge is 0.317 e. The van der Waals surface area contributed by atoms with Gasteiger partial charge in [0.05, 0.1) is 19.3 Å². The summed E-state index contributed by atoms with van der Waals surface area (Å²) in [4.78, 5) is 14.9. The molecule has 1 aliphatic heterocycles. The first kappa shape index (κ1) is 20.7. The molecule has 1 unspecified atom stereocenters. The van der Waals surface area contributed by atoms with E-state index in [0.29, 0.717) is 25.7 Å². The molecule has 0 aliphatic carbocycles. The fourth-order valence-corrected chi connectivity index (χ4v) is 3.42. The number of carboxylic acids is 1. The summed E-state index contributed by atoms with van der Waals surface area (Å²) in [6, 6.07) is 6.31. The zero-order chi connectivity index (χ0) is 19.1. The third-order valence-electron chi connectivity index (χ3n) is 4.68. The molecule has 0 amide bonds. The molecular weight excluding hydrogens is 332 g/mol. The van der Waals surface area contributed by atoms with Gasteiger partial charge in [-0.1, -0.05) is 19.9 Å². The van der Waals surface area contributed by atoms with Crippen LogP contribution in [0.3, 0.4) is 0 Å². The highest BCUT2D eigenvalue weighted by Crippen LogP contribution is 2.23. The summed E-state index contributed by atoms with van der Waals surface area (Å²) in [7, 11) is 1.81. The first-order chi connectivity index (χ1) is 12.3. The molecule has 146 valence electrons. The van der Waals surface area contributed by atoms with E-state index in [1.54, 1.807) is 4.90 Å². The van der Waals surface area contributed by atoms with Crippen molar-refractivity contribution in [3.05, 3.63) is 29.3 Å². The highest BCUT2D eigenvalue weighted by atomic mass is 16.5. The largest absolute Gasteiger partial charge is 0.492 e. The van der Waals surface area contributed by atoms with E-state index < -0.39 is 5.97 Å². The van der Waals surface area contributed by atoms with Crippen LogP contribution in [0.25, 0.3) is 0 Å². The van der Waals surface area contributed by atoms with Crippen molar-refractivity contribution in [3.63, 3.8) is 0 Å². The van der Waals surface area contributed by atoms with Crippen LogP contribution in [0, 0.1) is 6.92 Å². The van der Waals surface area contributed by atoms with Crippen molar-refractivity contribution in [3.8, 4) is 5.75 Å². The van der Waals surface area contributed by atoms with Gasteiger partial charge in [0.2, 0.25) is 0 Å². The van der Waals surface area contributed by atoms with Gasteiger partial charge in [-0.05, 0) is 43.1 Å². The number of likely N-dealkylation sites (N-methyl/N-ethyl adjacent to an activating group) is 1. The van der Waals surface area contributed by atoms with Crippen LogP contribution in [0.2, 0.25) is 0 Å². The number of rotatable bonds is 9. The Hall–Kier alpha value is -1.63. The van der Waals surface area contributed by atoms with Gasteiger partial charge in [-0.25, -0.2) is 0 Å². The molecule has 0 spiro atoms. The van der Waals surface area contributed by atoms with Crippen molar-refractivity contribution in [1.29, 1.82) is 0 Å². The van der Waals surface area contributed by atoms with Gasteiger partial charge in [-0.3, -0.25) is 14.6 Å². The first-order valence-corrected chi connectivity index (χ1v) is 9.32. The third kappa shape index (κ3) is 6.59. The lowest BCUT2D eigenvalue weighted by atomic mass is 9.98. The lowest BCUT2D eigenvalue weighted by Gasteiger charge is -2.34. The lowest BCUT2D eigenvalue weighted by Crippen LogP contribution is -2.48. The molecule has 1 aromatic carbocycles. The van der Waals surface area contributed by atoms with E-state index in [4.69, 9.17) is 14.6 Å². The van der Waals surface area contributed by atoms with Gasteiger partial charge in [0.1, 0.15) is 12.4 Å². The first-order valence-electron chi connectivity index (χ1n) is 9.32. The normalized spacial score (nSPS) is 18.5. The van der Waals surface area contributed by atoms with Gasteiger partial charge < -0.3 is 14.6 Å². The van der Waals surface area contributed by atoms with Crippen LogP contribution in [0.5, 0.6) is 5.75 Å². The molecule has 1 fully saturated rings. The van der Waals surface area contributed by atoms with Crippen molar-refractivity contribution >= 4 is 5.97 Å². The molecule has 1 N–H and O–H groups in total. The van der Waals surface area contributed by atoms with Crippen LogP contribution in [0.4, 0.5) is 0 Å². The molecule has 0 radical (unpaired) electrons. The number of hydrogen-bond donors (Lipinski definition) is 1. The molecule has 0 bridgehead atoms. The monoisotopic (exact) mass is 364 g/mol. The Bertz CT molecular complexity index is 591. The molecule has 1 saturated heterocycles. The van der Waals surface area contributed by atoms with Gasteiger partial charge in [-0.15, -0.1) is 0 Å². The number of ether oxygens (including phenoxy) is 2. The van der Waals surface area contributed by atoms with Crippen LogP contribution >= 0.6 is 0 Å². The van der Waals surface area contributed by atoms with E-state index in [9.17, 15) is 4.79 Å². The molecule has 2 rings (SSSR count). The average molecular weight is 364 g/mol. The quantitative estimate of drug-likeness (QED) is 0.725. The number of carboxylic acid groups (broad SMARTS) is 1. The minimum absolute atomic E-state index is 0.0364. The van der Waals surface area contributed by atoms with Gasteiger partial charge in [0.15, 0.2) is 0 Å². The number of aliphatic carboxylic acids is 1. The summed E-state index contributed by atoms with van der Waals surface area (Å²) in [5.41, 5.74) is 2.63. The number of benzene rings is 1. The Morgan fingerprint density at radius 3 is 2.88 bits per heavy atom. The van der Waals surface area contributed by atoms with Crippen molar-refractivity contribution in [2.24, 2.45) is 0 Å². The maximum Gasteiger partial charge on any atom is 0.317 e. The van der Waals surface area contributed by atoms with Crippen LogP contribution in [0.15, 0.2) is 18.2 Å². The molecule has 0 aromatic heterocycles. The molecular formula is C20H32N2O4. The average Bonchev–Trinajstić information content (AvgIpc) is 2.54. The van der Waals surface area contributed by atoms with Crippen molar-refractivity contribution in [2.45, 2.75) is 32.8 Å². The van der Waals surface area contributed by atoms with E-state index in [1.807, 2.05) is 13.1 Å². The lowest BCUT2D eigenvalue weighted by molar-refractivity contribution is -0.138. The van der Waals surface area contributed by atoms with Gasteiger partial charge >= 0.3 is 5.97 Å². The maximum absolute atomic E-state index is 10.8. The van der Waals surface area contributed by atoms with E-state index >= 15 is 0 Å².